The number of hydrogen-bond acceptors (Lipinski definition) is 7. The molecule has 0 bridgehead atoms. The summed E-state index contributed by atoms with van der Waals surface area (Å²) in [6, 6.07) is 15.9. The van der Waals surface area contributed by atoms with Gasteiger partial charge in [0.15, 0.2) is 11.5 Å². The van der Waals surface area contributed by atoms with E-state index in [2.05, 4.69) is 4.98 Å². The third kappa shape index (κ3) is 4.07. The molecule has 0 aliphatic carbocycles. The van der Waals surface area contributed by atoms with E-state index < -0.39 is 11.9 Å². The van der Waals surface area contributed by atoms with Crippen LogP contribution in [0.1, 0.15) is 34.7 Å². The highest BCUT2D eigenvalue weighted by Gasteiger charge is 2.34. The normalized spacial score (nSPS) is 14.2. The van der Waals surface area contributed by atoms with Crippen LogP contribution in [0, 0.1) is 6.92 Å². The van der Waals surface area contributed by atoms with E-state index in [1.807, 2.05) is 37.3 Å². The Labute approximate surface area is 201 Å². The van der Waals surface area contributed by atoms with Crippen LogP contribution in [0.25, 0.3) is 10.9 Å². The molecule has 2 aromatic heterocycles. The first-order chi connectivity index (χ1) is 16.9. The number of ether oxygens (including phenoxy) is 2. The summed E-state index contributed by atoms with van der Waals surface area (Å²) >= 11 is 0. The molecule has 4 aromatic rings. The summed E-state index contributed by atoms with van der Waals surface area (Å²) in [6.45, 7) is 2.16. The fourth-order valence-corrected chi connectivity index (χ4v) is 4.57. The number of carbonyl (C=O) groups is 1. The molecular weight excluding hydrogens is 448 g/mol. The van der Waals surface area contributed by atoms with Gasteiger partial charge >= 0.3 is 5.97 Å². The highest BCUT2D eigenvalue weighted by molar-refractivity contribution is 5.81. The van der Waals surface area contributed by atoms with Crippen molar-refractivity contribution in [1.82, 2.24) is 9.55 Å². The van der Waals surface area contributed by atoms with Crippen LogP contribution in [0.5, 0.6) is 23.1 Å². The summed E-state index contributed by atoms with van der Waals surface area (Å²) in [6.07, 6.45) is 0.433. The number of fused-ring (bicyclic) bond motifs is 3. The summed E-state index contributed by atoms with van der Waals surface area (Å²) < 4.78 is 12.7. The third-order valence-corrected chi connectivity index (χ3v) is 6.42. The zero-order valence-electron chi connectivity index (χ0n) is 19.3. The summed E-state index contributed by atoms with van der Waals surface area (Å²) in [5, 5.41) is 20.2. The van der Waals surface area contributed by atoms with E-state index in [1.54, 1.807) is 16.7 Å². The van der Waals surface area contributed by atoms with Crippen LogP contribution in [0.2, 0.25) is 0 Å². The van der Waals surface area contributed by atoms with E-state index in [0.29, 0.717) is 41.4 Å². The fraction of sp³-hybridized carbons (Fsp3) is 0.222. The highest BCUT2D eigenvalue weighted by Crippen LogP contribution is 2.44. The SMILES string of the molecule is COC(=O)CC1c2cc3ccccc3nc2Oc2cc(C)n(CCc3ccc(O)c(O)c3)c(=O)c21. The number of phenols is 2. The predicted molar refractivity (Wildman–Crippen MR) is 129 cm³/mol. The molecule has 5 rings (SSSR count). The number of methoxy groups -OCH3 is 1. The minimum absolute atomic E-state index is 0.0238. The number of nitrogens with zero attached hydrogens (tertiary/aromatic N) is 2. The molecule has 1 aliphatic rings. The Hall–Kier alpha value is -4.33. The lowest BCUT2D eigenvalue weighted by Crippen LogP contribution is -2.31. The number of benzene rings is 2. The molecule has 0 saturated carbocycles. The highest BCUT2D eigenvalue weighted by atomic mass is 16.5. The molecule has 0 saturated heterocycles. The van der Waals surface area contributed by atoms with Crippen molar-refractivity contribution in [2.45, 2.75) is 32.2 Å². The number of phenolic OH excluding ortho intramolecular Hbond substituents is 2. The van der Waals surface area contributed by atoms with Gasteiger partial charge in [0.25, 0.3) is 5.56 Å². The van der Waals surface area contributed by atoms with E-state index >= 15 is 0 Å². The number of carbonyl (C=O) groups excluding carboxylic acids is 1. The molecule has 2 N–H and O–H groups in total. The predicted octanol–water partition coefficient (Wildman–Crippen LogP) is 4.16. The lowest BCUT2D eigenvalue weighted by atomic mass is 9.86. The molecule has 0 amide bonds. The van der Waals surface area contributed by atoms with Gasteiger partial charge in [-0.25, -0.2) is 4.98 Å². The lowest BCUT2D eigenvalue weighted by molar-refractivity contribution is -0.140. The van der Waals surface area contributed by atoms with Crippen molar-refractivity contribution in [3.63, 3.8) is 0 Å². The number of esters is 1. The van der Waals surface area contributed by atoms with Gasteiger partial charge < -0.3 is 24.3 Å². The smallest absolute Gasteiger partial charge is 0.306 e. The van der Waals surface area contributed by atoms with Gasteiger partial charge in [0.2, 0.25) is 5.88 Å². The standard InChI is InChI=1S/C27H24N2O6/c1-15-11-23-25(27(33)29(15)10-9-16-7-8-21(30)22(31)12-16)18(14-24(32)34-2)19-13-17-5-3-4-6-20(17)28-26(19)35-23/h3-8,11-13,18,30-31H,9-10,14H2,1-2H3. The zero-order chi connectivity index (χ0) is 24.7. The van der Waals surface area contributed by atoms with Crippen molar-refractivity contribution in [2.24, 2.45) is 0 Å². The van der Waals surface area contributed by atoms with Crippen molar-refractivity contribution in [2.75, 3.05) is 7.11 Å². The van der Waals surface area contributed by atoms with Crippen molar-refractivity contribution < 1.29 is 24.5 Å². The summed E-state index contributed by atoms with van der Waals surface area (Å²) in [5.41, 5.74) is 3.02. The van der Waals surface area contributed by atoms with Crippen molar-refractivity contribution in [1.29, 1.82) is 0 Å². The quantitative estimate of drug-likeness (QED) is 0.331. The Bertz CT molecular complexity index is 1520. The molecule has 0 fully saturated rings. The second-order valence-corrected chi connectivity index (χ2v) is 8.60. The second-order valence-electron chi connectivity index (χ2n) is 8.60. The first-order valence-electron chi connectivity index (χ1n) is 11.2. The van der Waals surface area contributed by atoms with Gasteiger partial charge in [0.05, 0.1) is 24.6 Å². The summed E-state index contributed by atoms with van der Waals surface area (Å²) in [5.74, 6) is -0.654. The van der Waals surface area contributed by atoms with Gasteiger partial charge in [-0.1, -0.05) is 24.3 Å². The van der Waals surface area contributed by atoms with Gasteiger partial charge in [0, 0.05) is 35.2 Å². The Morgan fingerprint density at radius 1 is 1.11 bits per heavy atom. The number of aromatic nitrogens is 2. The summed E-state index contributed by atoms with van der Waals surface area (Å²) in [4.78, 5) is 30.8. The van der Waals surface area contributed by atoms with Crippen LogP contribution in [-0.4, -0.2) is 32.8 Å². The Balaban J connectivity index is 1.59. The molecule has 3 heterocycles. The van der Waals surface area contributed by atoms with E-state index in [4.69, 9.17) is 9.47 Å². The molecule has 8 heteroatoms. The van der Waals surface area contributed by atoms with E-state index in [0.717, 1.165) is 16.5 Å². The molecule has 2 aromatic carbocycles. The minimum Gasteiger partial charge on any atom is -0.504 e. The second kappa shape index (κ2) is 8.79. The van der Waals surface area contributed by atoms with Crippen molar-refractivity contribution >= 4 is 16.9 Å². The van der Waals surface area contributed by atoms with E-state index in [9.17, 15) is 19.8 Å². The topological polar surface area (TPSA) is 111 Å². The largest absolute Gasteiger partial charge is 0.504 e. The fourth-order valence-electron chi connectivity index (χ4n) is 4.57. The van der Waals surface area contributed by atoms with Crippen LogP contribution >= 0.6 is 0 Å². The van der Waals surface area contributed by atoms with Crippen molar-refractivity contribution in [3.05, 3.63) is 87.3 Å². The molecule has 0 spiro atoms. The van der Waals surface area contributed by atoms with Crippen LogP contribution in [0.15, 0.2) is 59.4 Å². The molecule has 35 heavy (non-hydrogen) atoms. The molecule has 178 valence electrons. The maximum atomic E-state index is 13.8. The Morgan fingerprint density at radius 2 is 1.91 bits per heavy atom. The number of pyridine rings is 2. The maximum absolute atomic E-state index is 13.8. The molecule has 8 nitrogen and oxygen atoms in total. The van der Waals surface area contributed by atoms with Crippen molar-refractivity contribution in [3.8, 4) is 23.1 Å². The zero-order valence-corrected chi connectivity index (χ0v) is 19.3. The van der Waals surface area contributed by atoms with Crippen LogP contribution in [0.4, 0.5) is 0 Å². The Morgan fingerprint density at radius 3 is 2.69 bits per heavy atom. The summed E-state index contributed by atoms with van der Waals surface area (Å²) in [7, 11) is 1.32. The van der Waals surface area contributed by atoms with Gasteiger partial charge in [-0.15, -0.1) is 0 Å². The third-order valence-electron chi connectivity index (χ3n) is 6.42. The average molecular weight is 472 g/mol. The van der Waals surface area contributed by atoms with Crippen LogP contribution in [-0.2, 0) is 22.5 Å². The maximum Gasteiger partial charge on any atom is 0.306 e. The van der Waals surface area contributed by atoms with Gasteiger partial charge in [-0.05, 0) is 43.2 Å². The lowest BCUT2D eigenvalue weighted by Gasteiger charge is -2.28. The average Bonchev–Trinajstić information content (AvgIpc) is 2.84. The van der Waals surface area contributed by atoms with Crippen LogP contribution < -0.4 is 10.3 Å². The molecule has 0 radical (unpaired) electrons. The van der Waals surface area contributed by atoms with Crippen LogP contribution in [0.3, 0.4) is 0 Å². The van der Waals surface area contributed by atoms with E-state index in [-0.39, 0.29) is 23.5 Å². The van der Waals surface area contributed by atoms with Gasteiger partial charge in [0.1, 0.15) is 5.75 Å². The number of hydrogen-bond donors (Lipinski definition) is 2. The molecule has 1 atom stereocenters. The number of rotatable bonds is 5. The monoisotopic (exact) mass is 472 g/mol. The minimum atomic E-state index is -0.574. The number of aryl methyl sites for hydroxylation is 2. The molecule has 1 aliphatic heterocycles. The Kier molecular flexibility index (Phi) is 5.64. The number of aromatic hydroxyl groups is 2. The first kappa shape index (κ1) is 22.5. The molecular formula is C27H24N2O6. The first-order valence-corrected chi connectivity index (χ1v) is 11.2. The molecule has 1 unspecified atom stereocenters. The van der Waals surface area contributed by atoms with E-state index in [1.165, 1.54) is 19.2 Å². The number of para-hydroxylation sites is 1. The van der Waals surface area contributed by atoms with Gasteiger partial charge in [-0.3, -0.25) is 9.59 Å². The van der Waals surface area contributed by atoms with Gasteiger partial charge in [-0.2, -0.15) is 0 Å².